The Morgan fingerprint density at radius 2 is 2.43 bits per heavy atom. The first kappa shape index (κ1) is 9.63. The Bertz CT molecular complexity index is 399. The molecule has 1 saturated heterocycles. The highest BCUT2D eigenvalue weighted by Gasteiger charge is 2.31. The van der Waals surface area contributed by atoms with Crippen LogP contribution in [-0.4, -0.2) is 42.1 Å². The van der Waals surface area contributed by atoms with E-state index in [-0.39, 0.29) is 10.9 Å². The van der Waals surface area contributed by atoms with E-state index in [9.17, 15) is 8.42 Å². The van der Waals surface area contributed by atoms with Crippen molar-refractivity contribution >= 4 is 10.0 Å². The molecule has 1 aliphatic heterocycles. The molecule has 1 aromatic heterocycles. The molecule has 1 atom stereocenters. The van der Waals surface area contributed by atoms with E-state index >= 15 is 0 Å². The number of nitrogens with zero attached hydrogens (tertiary/aromatic N) is 2. The van der Waals surface area contributed by atoms with Crippen molar-refractivity contribution < 1.29 is 8.42 Å². The Balaban J connectivity index is 2.26. The summed E-state index contributed by atoms with van der Waals surface area (Å²) in [6, 6.07) is -0.0447. The molecule has 7 heteroatoms. The van der Waals surface area contributed by atoms with Crippen LogP contribution in [0.25, 0.3) is 0 Å². The molecular weight excluding hydrogens is 204 g/mol. The number of aromatic nitrogens is 2. The van der Waals surface area contributed by atoms with Gasteiger partial charge >= 0.3 is 0 Å². The predicted molar refractivity (Wildman–Crippen MR) is 49.9 cm³/mol. The Hall–Kier alpha value is -0.920. The van der Waals surface area contributed by atoms with E-state index in [0.717, 1.165) is 6.42 Å². The summed E-state index contributed by atoms with van der Waals surface area (Å²) in [5, 5.41) is 6.10. The second-order valence-electron chi connectivity index (χ2n) is 3.35. The molecule has 1 aromatic rings. The fourth-order valence-corrected chi connectivity index (χ4v) is 2.92. The van der Waals surface area contributed by atoms with Gasteiger partial charge in [0.25, 0.3) is 0 Å². The molecular formula is C7H12N4O2S. The zero-order valence-corrected chi connectivity index (χ0v) is 8.37. The van der Waals surface area contributed by atoms with E-state index in [2.05, 4.69) is 10.2 Å². The second kappa shape index (κ2) is 3.34. The van der Waals surface area contributed by atoms with Crippen molar-refractivity contribution in [2.24, 2.45) is 5.73 Å². The molecule has 0 spiro atoms. The van der Waals surface area contributed by atoms with Crippen molar-refractivity contribution in [2.45, 2.75) is 17.4 Å². The van der Waals surface area contributed by atoms with Crippen molar-refractivity contribution in [3.63, 3.8) is 0 Å². The molecule has 1 fully saturated rings. The molecule has 14 heavy (non-hydrogen) atoms. The van der Waals surface area contributed by atoms with Gasteiger partial charge in [0, 0.05) is 25.3 Å². The molecule has 0 radical (unpaired) electrons. The van der Waals surface area contributed by atoms with Crippen LogP contribution in [0.1, 0.15) is 6.42 Å². The lowest BCUT2D eigenvalue weighted by molar-refractivity contribution is 0.472. The van der Waals surface area contributed by atoms with Gasteiger partial charge in [0.05, 0.1) is 6.20 Å². The standard InChI is InChI=1S/C7H12N4O2S/c8-6-1-2-11(5-6)14(12,13)7-3-9-10-4-7/h3-4,6H,1-2,5,8H2,(H,9,10)/t6-/m0/s1. The summed E-state index contributed by atoms with van der Waals surface area (Å²) >= 11 is 0. The van der Waals surface area contributed by atoms with Crippen molar-refractivity contribution in [3.8, 4) is 0 Å². The van der Waals surface area contributed by atoms with Gasteiger partial charge in [-0.2, -0.15) is 9.40 Å². The van der Waals surface area contributed by atoms with Crippen LogP contribution in [0.3, 0.4) is 0 Å². The first-order valence-corrected chi connectivity index (χ1v) is 5.79. The Morgan fingerprint density at radius 1 is 1.64 bits per heavy atom. The minimum Gasteiger partial charge on any atom is -0.326 e. The first-order chi connectivity index (χ1) is 6.60. The van der Waals surface area contributed by atoms with Crippen LogP contribution in [0, 0.1) is 0 Å². The summed E-state index contributed by atoms with van der Waals surface area (Å²) in [4.78, 5) is 0.201. The quantitative estimate of drug-likeness (QED) is 0.672. The number of H-pyrrole nitrogens is 1. The predicted octanol–water partition coefficient (Wildman–Crippen LogP) is -0.869. The molecule has 0 saturated carbocycles. The third-order valence-corrected chi connectivity index (χ3v) is 4.13. The molecule has 1 aliphatic rings. The van der Waals surface area contributed by atoms with Crippen LogP contribution >= 0.6 is 0 Å². The summed E-state index contributed by atoms with van der Waals surface area (Å²) < 4.78 is 25.1. The molecule has 78 valence electrons. The van der Waals surface area contributed by atoms with E-state index in [0.29, 0.717) is 13.1 Å². The SMILES string of the molecule is N[C@H]1CCN(S(=O)(=O)c2cn[nH]c2)C1. The first-order valence-electron chi connectivity index (χ1n) is 4.35. The third kappa shape index (κ3) is 1.54. The van der Waals surface area contributed by atoms with Gasteiger partial charge < -0.3 is 5.73 Å². The van der Waals surface area contributed by atoms with Gasteiger partial charge in [-0.15, -0.1) is 0 Å². The number of nitrogens with one attached hydrogen (secondary N) is 1. The van der Waals surface area contributed by atoms with Crippen molar-refractivity contribution in [1.29, 1.82) is 0 Å². The molecule has 2 rings (SSSR count). The molecule has 0 aromatic carbocycles. The highest BCUT2D eigenvalue weighted by Crippen LogP contribution is 2.18. The van der Waals surface area contributed by atoms with E-state index < -0.39 is 10.0 Å². The van der Waals surface area contributed by atoms with Crippen LogP contribution in [0.5, 0.6) is 0 Å². The summed E-state index contributed by atoms with van der Waals surface area (Å²) in [6.45, 7) is 0.891. The van der Waals surface area contributed by atoms with Crippen LogP contribution < -0.4 is 5.73 Å². The fourth-order valence-electron chi connectivity index (χ4n) is 1.50. The normalized spacial score (nSPS) is 24.2. The highest BCUT2D eigenvalue weighted by atomic mass is 32.2. The average Bonchev–Trinajstić information content (AvgIpc) is 2.72. The Kier molecular flexibility index (Phi) is 2.30. The average molecular weight is 216 g/mol. The summed E-state index contributed by atoms with van der Waals surface area (Å²) in [6.07, 6.45) is 3.40. The zero-order chi connectivity index (χ0) is 10.2. The number of aromatic amines is 1. The van der Waals surface area contributed by atoms with Gasteiger partial charge in [-0.25, -0.2) is 8.42 Å². The largest absolute Gasteiger partial charge is 0.326 e. The second-order valence-corrected chi connectivity index (χ2v) is 5.28. The summed E-state index contributed by atoms with van der Waals surface area (Å²) in [5.74, 6) is 0. The summed E-state index contributed by atoms with van der Waals surface area (Å²) in [5.41, 5.74) is 5.65. The molecule has 0 bridgehead atoms. The minimum absolute atomic E-state index is 0.0447. The molecule has 3 N–H and O–H groups in total. The van der Waals surface area contributed by atoms with E-state index in [1.165, 1.54) is 16.7 Å². The maximum absolute atomic E-state index is 11.9. The van der Waals surface area contributed by atoms with Crippen LogP contribution in [-0.2, 0) is 10.0 Å². The van der Waals surface area contributed by atoms with Gasteiger partial charge in [-0.1, -0.05) is 0 Å². The number of rotatable bonds is 2. The lowest BCUT2D eigenvalue weighted by Gasteiger charge is -2.13. The lowest BCUT2D eigenvalue weighted by atomic mass is 10.3. The van der Waals surface area contributed by atoms with Crippen molar-refractivity contribution in [1.82, 2.24) is 14.5 Å². The van der Waals surface area contributed by atoms with Gasteiger partial charge in [-0.05, 0) is 6.42 Å². The number of sulfonamides is 1. The van der Waals surface area contributed by atoms with Crippen molar-refractivity contribution in [3.05, 3.63) is 12.4 Å². The van der Waals surface area contributed by atoms with Gasteiger partial charge in [0.15, 0.2) is 0 Å². The molecule has 0 amide bonds. The third-order valence-electron chi connectivity index (χ3n) is 2.30. The van der Waals surface area contributed by atoms with Gasteiger partial charge in [0.1, 0.15) is 4.90 Å². The summed E-state index contributed by atoms with van der Waals surface area (Å²) in [7, 11) is -3.37. The smallest absolute Gasteiger partial charge is 0.246 e. The number of hydrogen-bond acceptors (Lipinski definition) is 4. The van der Waals surface area contributed by atoms with Crippen molar-refractivity contribution in [2.75, 3.05) is 13.1 Å². The Morgan fingerprint density at radius 3 is 2.93 bits per heavy atom. The van der Waals surface area contributed by atoms with E-state index in [1.807, 2.05) is 0 Å². The maximum Gasteiger partial charge on any atom is 0.246 e. The van der Waals surface area contributed by atoms with Gasteiger partial charge in [-0.3, -0.25) is 5.10 Å². The van der Waals surface area contributed by atoms with Gasteiger partial charge in [0.2, 0.25) is 10.0 Å². The number of nitrogens with two attached hydrogens (primary N) is 1. The zero-order valence-electron chi connectivity index (χ0n) is 7.55. The van der Waals surface area contributed by atoms with Crippen LogP contribution in [0.4, 0.5) is 0 Å². The van der Waals surface area contributed by atoms with Crippen LogP contribution in [0.15, 0.2) is 17.3 Å². The van der Waals surface area contributed by atoms with E-state index in [4.69, 9.17) is 5.73 Å². The monoisotopic (exact) mass is 216 g/mol. The lowest BCUT2D eigenvalue weighted by Crippen LogP contribution is -2.31. The highest BCUT2D eigenvalue weighted by molar-refractivity contribution is 7.89. The minimum atomic E-state index is -3.37. The fraction of sp³-hybridized carbons (Fsp3) is 0.571. The Labute approximate surface area is 82.1 Å². The molecule has 2 heterocycles. The molecule has 0 aliphatic carbocycles. The molecule has 0 unspecified atom stereocenters. The molecule has 6 nitrogen and oxygen atoms in total. The van der Waals surface area contributed by atoms with E-state index in [1.54, 1.807) is 0 Å². The number of hydrogen-bond donors (Lipinski definition) is 2. The topological polar surface area (TPSA) is 92.1 Å². The maximum atomic E-state index is 11.9. The van der Waals surface area contributed by atoms with Crippen LogP contribution in [0.2, 0.25) is 0 Å².